The minimum atomic E-state index is -0.197. The SMILES string of the molecule is CC(C)c1ccccc1OCC(=O)Nc1ccc(-c2ccc(N3CCN(C)CC3)nn2)cc1. The summed E-state index contributed by atoms with van der Waals surface area (Å²) in [5.74, 6) is 1.79. The molecule has 2 heterocycles. The minimum Gasteiger partial charge on any atom is -0.483 e. The molecular weight excluding hydrogens is 414 g/mol. The molecule has 0 unspecified atom stereocenters. The highest BCUT2D eigenvalue weighted by Crippen LogP contribution is 2.26. The molecule has 1 aliphatic rings. The summed E-state index contributed by atoms with van der Waals surface area (Å²) in [4.78, 5) is 16.9. The number of hydrogen-bond donors (Lipinski definition) is 1. The summed E-state index contributed by atoms with van der Waals surface area (Å²) in [6, 6.07) is 19.4. The van der Waals surface area contributed by atoms with Gasteiger partial charge < -0.3 is 19.9 Å². The van der Waals surface area contributed by atoms with Crippen LogP contribution in [-0.2, 0) is 4.79 Å². The molecule has 7 nitrogen and oxygen atoms in total. The van der Waals surface area contributed by atoms with Gasteiger partial charge in [0.05, 0.1) is 5.69 Å². The molecule has 0 aliphatic carbocycles. The monoisotopic (exact) mass is 445 g/mol. The Hall–Kier alpha value is -3.45. The van der Waals surface area contributed by atoms with Crippen LogP contribution in [-0.4, -0.2) is 60.8 Å². The fraction of sp³-hybridized carbons (Fsp3) is 0.346. The summed E-state index contributed by atoms with van der Waals surface area (Å²) in [5.41, 5.74) is 3.56. The van der Waals surface area contributed by atoms with Gasteiger partial charge in [0.25, 0.3) is 5.91 Å². The van der Waals surface area contributed by atoms with Gasteiger partial charge in [-0.1, -0.05) is 44.2 Å². The van der Waals surface area contributed by atoms with Crippen LogP contribution in [0, 0.1) is 0 Å². The Morgan fingerprint density at radius 1 is 0.970 bits per heavy atom. The maximum atomic E-state index is 12.4. The maximum Gasteiger partial charge on any atom is 0.262 e. The molecule has 33 heavy (non-hydrogen) atoms. The number of carbonyl (C=O) groups is 1. The second-order valence-electron chi connectivity index (χ2n) is 8.67. The Bertz CT molecular complexity index is 1060. The molecule has 1 saturated heterocycles. The lowest BCUT2D eigenvalue weighted by molar-refractivity contribution is -0.118. The van der Waals surface area contributed by atoms with E-state index in [2.05, 4.69) is 46.2 Å². The maximum absolute atomic E-state index is 12.4. The van der Waals surface area contributed by atoms with E-state index in [9.17, 15) is 4.79 Å². The van der Waals surface area contributed by atoms with Crippen molar-refractivity contribution in [2.45, 2.75) is 19.8 Å². The van der Waals surface area contributed by atoms with Gasteiger partial charge in [0, 0.05) is 37.4 Å². The van der Waals surface area contributed by atoms with Crippen LogP contribution in [0.1, 0.15) is 25.3 Å². The van der Waals surface area contributed by atoms with Crippen molar-refractivity contribution in [3.63, 3.8) is 0 Å². The van der Waals surface area contributed by atoms with Crippen molar-refractivity contribution >= 4 is 17.4 Å². The Balaban J connectivity index is 1.32. The molecule has 1 amide bonds. The van der Waals surface area contributed by atoms with Crippen molar-refractivity contribution < 1.29 is 9.53 Å². The number of ether oxygens (including phenoxy) is 1. The molecule has 172 valence electrons. The van der Waals surface area contributed by atoms with Gasteiger partial charge in [0.15, 0.2) is 12.4 Å². The first-order valence-corrected chi connectivity index (χ1v) is 11.4. The lowest BCUT2D eigenvalue weighted by atomic mass is 10.0. The van der Waals surface area contributed by atoms with Gasteiger partial charge in [0.2, 0.25) is 0 Å². The van der Waals surface area contributed by atoms with Gasteiger partial charge in [-0.05, 0) is 48.9 Å². The van der Waals surface area contributed by atoms with E-state index in [0.717, 1.165) is 54.6 Å². The van der Waals surface area contributed by atoms with E-state index in [4.69, 9.17) is 4.74 Å². The third-order valence-corrected chi connectivity index (χ3v) is 5.84. The Morgan fingerprint density at radius 2 is 1.70 bits per heavy atom. The molecule has 3 aromatic rings. The van der Waals surface area contributed by atoms with Crippen LogP contribution in [0.25, 0.3) is 11.3 Å². The summed E-state index contributed by atoms with van der Waals surface area (Å²) >= 11 is 0. The van der Waals surface area contributed by atoms with Gasteiger partial charge in [0.1, 0.15) is 5.75 Å². The predicted molar refractivity (Wildman–Crippen MR) is 132 cm³/mol. The van der Waals surface area contributed by atoms with E-state index < -0.39 is 0 Å². The highest BCUT2D eigenvalue weighted by molar-refractivity contribution is 5.92. The number of aromatic nitrogens is 2. The average molecular weight is 446 g/mol. The summed E-state index contributed by atoms with van der Waals surface area (Å²) in [7, 11) is 2.14. The van der Waals surface area contributed by atoms with E-state index in [1.807, 2.05) is 60.7 Å². The summed E-state index contributed by atoms with van der Waals surface area (Å²) in [6.07, 6.45) is 0. The summed E-state index contributed by atoms with van der Waals surface area (Å²) in [5, 5.41) is 11.7. The van der Waals surface area contributed by atoms with Crippen molar-refractivity contribution in [2.75, 3.05) is 50.1 Å². The minimum absolute atomic E-state index is 0.0370. The second-order valence-corrected chi connectivity index (χ2v) is 8.67. The van der Waals surface area contributed by atoms with E-state index in [-0.39, 0.29) is 12.5 Å². The lowest BCUT2D eigenvalue weighted by Crippen LogP contribution is -2.44. The van der Waals surface area contributed by atoms with E-state index in [1.165, 1.54) is 0 Å². The smallest absolute Gasteiger partial charge is 0.262 e. The Labute approximate surface area is 195 Å². The first kappa shape index (κ1) is 22.7. The molecule has 0 saturated carbocycles. The molecule has 0 radical (unpaired) electrons. The molecule has 1 aromatic heterocycles. The third-order valence-electron chi connectivity index (χ3n) is 5.84. The van der Waals surface area contributed by atoms with Gasteiger partial charge >= 0.3 is 0 Å². The topological polar surface area (TPSA) is 70.6 Å². The van der Waals surface area contributed by atoms with Gasteiger partial charge in [-0.15, -0.1) is 10.2 Å². The van der Waals surface area contributed by atoms with Crippen molar-refractivity contribution in [1.29, 1.82) is 0 Å². The van der Waals surface area contributed by atoms with Crippen molar-refractivity contribution in [3.8, 4) is 17.0 Å². The first-order valence-electron chi connectivity index (χ1n) is 11.4. The number of carbonyl (C=O) groups excluding carboxylic acids is 1. The molecule has 0 atom stereocenters. The molecule has 1 aliphatic heterocycles. The number of para-hydroxylation sites is 1. The highest BCUT2D eigenvalue weighted by Gasteiger charge is 2.16. The average Bonchev–Trinajstić information content (AvgIpc) is 2.84. The first-order chi connectivity index (χ1) is 16.0. The lowest BCUT2D eigenvalue weighted by Gasteiger charge is -2.32. The summed E-state index contributed by atoms with van der Waals surface area (Å²) in [6.45, 7) is 8.17. The quantitative estimate of drug-likeness (QED) is 0.592. The van der Waals surface area contributed by atoms with Crippen LogP contribution >= 0.6 is 0 Å². The molecule has 4 rings (SSSR count). The van der Waals surface area contributed by atoms with Gasteiger partial charge in [-0.3, -0.25) is 4.79 Å². The molecule has 0 bridgehead atoms. The largest absolute Gasteiger partial charge is 0.483 e. The number of amides is 1. The van der Waals surface area contributed by atoms with Gasteiger partial charge in [-0.25, -0.2) is 0 Å². The van der Waals surface area contributed by atoms with E-state index in [0.29, 0.717) is 11.6 Å². The second kappa shape index (κ2) is 10.4. The fourth-order valence-corrected chi connectivity index (χ4v) is 3.84. The molecule has 1 fully saturated rings. The molecule has 0 spiro atoms. The molecular formula is C26H31N5O2. The number of anilines is 2. The van der Waals surface area contributed by atoms with Gasteiger partial charge in [-0.2, -0.15) is 0 Å². The Kier molecular flexibility index (Phi) is 7.19. The number of rotatable bonds is 7. The number of benzene rings is 2. The standard InChI is InChI=1S/C26H31N5O2/c1-19(2)22-6-4-5-7-24(22)33-18-26(32)27-21-10-8-20(9-11-21)23-12-13-25(29-28-23)31-16-14-30(3)15-17-31/h4-13,19H,14-18H2,1-3H3,(H,27,32). The van der Waals surface area contributed by atoms with Crippen LogP contribution < -0.4 is 15.0 Å². The van der Waals surface area contributed by atoms with Crippen LogP contribution in [0.15, 0.2) is 60.7 Å². The van der Waals surface area contributed by atoms with Crippen molar-refractivity contribution in [3.05, 3.63) is 66.2 Å². The number of piperazine rings is 1. The van der Waals surface area contributed by atoms with Crippen LogP contribution in [0.3, 0.4) is 0 Å². The molecule has 2 aromatic carbocycles. The number of hydrogen-bond acceptors (Lipinski definition) is 6. The number of likely N-dealkylation sites (N-methyl/N-ethyl adjacent to an activating group) is 1. The number of nitrogens with zero attached hydrogens (tertiary/aromatic N) is 4. The third kappa shape index (κ3) is 5.87. The molecule has 1 N–H and O–H groups in total. The normalized spacial score (nSPS) is 14.4. The van der Waals surface area contributed by atoms with Crippen LogP contribution in [0.4, 0.5) is 11.5 Å². The van der Waals surface area contributed by atoms with Crippen molar-refractivity contribution in [1.82, 2.24) is 15.1 Å². The number of nitrogens with one attached hydrogen (secondary N) is 1. The Morgan fingerprint density at radius 3 is 2.36 bits per heavy atom. The summed E-state index contributed by atoms with van der Waals surface area (Å²) < 4.78 is 5.76. The van der Waals surface area contributed by atoms with E-state index >= 15 is 0 Å². The fourth-order valence-electron chi connectivity index (χ4n) is 3.84. The van der Waals surface area contributed by atoms with Crippen molar-refractivity contribution in [2.24, 2.45) is 0 Å². The molecule has 7 heteroatoms. The zero-order valence-electron chi connectivity index (χ0n) is 19.5. The highest BCUT2D eigenvalue weighted by atomic mass is 16.5. The van der Waals surface area contributed by atoms with Crippen LogP contribution in [0.5, 0.6) is 5.75 Å². The van der Waals surface area contributed by atoms with Crippen LogP contribution in [0.2, 0.25) is 0 Å². The predicted octanol–water partition coefficient (Wildman–Crippen LogP) is 4.04. The zero-order valence-corrected chi connectivity index (χ0v) is 19.5. The van der Waals surface area contributed by atoms with E-state index in [1.54, 1.807) is 0 Å². The zero-order chi connectivity index (χ0) is 23.2.